The third-order valence-corrected chi connectivity index (χ3v) is 5.57. The van der Waals surface area contributed by atoms with Crippen LogP contribution in [-0.4, -0.2) is 15.8 Å². The molecule has 0 bridgehead atoms. The van der Waals surface area contributed by atoms with Crippen LogP contribution in [0, 0.1) is 13.8 Å². The fourth-order valence-electron chi connectivity index (χ4n) is 3.41. The number of Topliss-reactive ketones (excluding diaryl/α,β-unsaturated/α-hetero) is 1. The van der Waals surface area contributed by atoms with Crippen LogP contribution in [0.15, 0.2) is 41.8 Å². The molecule has 2 heterocycles. The molecule has 0 spiro atoms. The van der Waals surface area contributed by atoms with Gasteiger partial charge in [-0.15, -0.1) is 11.3 Å². The lowest BCUT2D eigenvalue weighted by atomic mass is 9.84. The van der Waals surface area contributed by atoms with Crippen molar-refractivity contribution in [3.8, 4) is 0 Å². The van der Waals surface area contributed by atoms with Crippen LogP contribution in [-0.2, 0) is 6.42 Å². The number of aryl methyl sites for hydroxylation is 2. The summed E-state index contributed by atoms with van der Waals surface area (Å²) in [6.07, 6.45) is 1.33. The molecule has 0 amide bonds. The van der Waals surface area contributed by atoms with Crippen LogP contribution in [0.1, 0.15) is 44.5 Å². The summed E-state index contributed by atoms with van der Waals surface area (Å²) >= 11 is 1.71. The van der Waals surface area contributed by atoms with Crippen molar-refractivity contribution in [1.82, 2.24) is 9.97 Å². The summed E-state index contributed by atoms with van der Waals surface area (Å²) in [5, 5.41) is 5.33. The number of nitrogens with one attached hydrogen (secondary N) is 1. The fraction of sp³-hybridized carbons (Fsp3) is 0.250. The van der Waals surface area contributed by atoms with Crippen molar-refractivity contribution in [1.29, 1.82) is 0 Å². The van der Waals surface area contributed by atoms with Crippen LogP contribution in [0.5, 0.6) is 0 Å². The van der Waals surface area contributed by atoms with E-state index in [-0.39, 0.29) is 11.7 Å². The average Bonchev–Trinajstić information content (AvgIpc) is 3.08. The first-order chi connectivity index (χ1) is 12.1. The van der Waals surface area contributed by atoms with Gasteiger partial charge in [-0.05, 0) is 49.4 Å². The number of nitrogens with zero attached hydrogens (tertiary/aromatic N) is 2. The Morgan fingerprint density at radius 1 is 1.12 bits per heavy atom. The standard InChI is InChI=1S/C20H19N3OS/c1-12-5-3-6-15(9-12)22-20-21-13(2)19-16(23-20)10-14(11-17(19)24)18-7-4-8-25-18/h3-9,14H,10-11H2,1-2H3,(H,21,22,23). The number of carbonyl (C=O) groups is 1. The number of carbonyl (C=O) groups excluding carboxylic acids is 1. The molecule has 0 radical (unpaired) electrons. The first-order valence-corrected chi connectivity index (χ1v) is 9.26. The van der Waals surface area contributed by atoms with E-state index in [0.717, 1.165) is 23.5 Å². The topological polar surface area (TPSA) is 54.9 Å². The predicted molar refractivity (Wildman–Crippen MR) is 101 cm³/mol. The van der Waals surface area contributed by atoms with E-state index in [4.69, 9.17) is 0 Å². The molecular formula is C20H19N3OS. The van der Waals surface area contributed by atoms with Crippen LogP contribution in [0.2, 0.25) is 0 Å². The van der Waals surface area contributed by atoms with Crippen LogP contribution in [0.25, 0.3) is 0 Å². The molecule has 1 N–H and O–H groups in total. The number of benzene rings is 1. The molecule has 25 heavy (non-hydrogen) atoms. The minimum atomic E-state index is 0.152. The Labute approximate surface area is 151 Å². The van der Waals surface area contributed by atoms with Crippen LogP contribution in [0.4, 0.5) is 11.6 Å². The number of hydrogen-bond acceptors (Lipinski definition) is 5. The Bertz CT molecular complexity index is 934. The number of ketones is 1. The van der Waals surface area contributed by atoms with Gasteiger partial charge in [0.25, 0.3) is 0 Å². The van der Waals surface area contributed by atoms with Gasteiger partial charge < -0.3 is 5.32 Å². The minimum absolute atomic E-state index is 0.152. The molecule has 1 aromatic carbocycles. The smallest absolute Gasteiger partial charge is 0.227 e. The van der Waals surface area contributed by atoms with Crippen molar-refractivity contribution < 1.29 is 4.79 Å². The Morgan fingerprint density at radius 2 is 2.00 bits per heavy atom. The highest BCUT2D eigenvalue weighted by Crippen LogP contribution is 2.35. The van der Waals surface area contributed by atoms with Crippen LogP contribution in [0.3, 0.4) is 0 Å². The highest BCUT2D eigenvalue weighted by atomic mass is 32.1. The second-order valence-electron chi connectivity index (χ2n) is 6.49. The Balaban J connectivity index is 1.68. The zero-order chi connectivity index (χ0) is 17.4. The van der Waals surface area contributed by atoms with Crippen LogP contribution < -0.4 is 5.32 Å². The van der Waals surface area contributed by atoms with Gasteiger partial charge in [-0.1, -0.05) is 18.2 Å². The Morgan fingerprint density at radius 3 is 2.76 bits per heavy atom. The van der Waals surface area contributed by atoms with Crippen molar-refractivity contribution in [3.05, 3.63) is 69.2 Å². The van der Waals surface area contributed by atoms with E-state index in [1.54, 1.807) is 11.3 Å². The van der Waals surface area contributed by atoms with E-state index in [1.807, 2.05) is 25.1 Å². The summed E-state index contributed by atoms with van der Waals surface area (Å²) in [6.45, 7) is 3.94. The number of thiophene rings is 1. The maximum absolute atomic E-state index is 12.6. The van der Waals surface area contributed by atoms with Gasteiger partial charge in [-0.2, -0.15) is 0 Å². The summed E-state index contributed by atoms with van der Waals surface area (Å²) in [4.78, 5) is 23.1. The van der Waals surface area contributed by atoms with Crippen molar-refractivity contribution in [2.24, 2.45) is 0 Å². The largest absolute Gasteiger partial charge is 0.324 e. The van der Waals surface area contributed by atoms with E-state index in [1.165, 1.54) is 10.4 Å². The van der Waals surface area contributed by atoms with Gasteiger partial charge in [0, 0.05) is 22.9 Å². The lowest BCUT2D eigenvalue weighted by Gasteiger charge is -2.23. The zero-order valence-electron chi connectivity index (χ0n) is 14.2. The van der Waals surface area contributed by atoms with E-state index >= 15 is 0 Å². The SMILES string of the molecule is Cc1cccc(Nc2nc(C)c3c(n2)CC(c2cccs2)CC3=O)c1. The second kappa shape index (κ2) is 6.41. The lowest BCUT2D eigenvalue weighted by molar-refractivity contribution is 0.0962. The summed E-state index contributed by atoms with van der Waals surface area (Å²) in [5.41, 5.74) is 4.46. The van der Waals surface area contributed by atoms with E-state index in [2.05, 4.69) is 45.8 Å². The first kappa shape index (κ1) is 16.0. The van der Waals surface area contributed by atoms with E-state index in [0.29, 0.717) is 17.9 Å². The average molecular weight is 349 g/mol. The molecule has 3 aromatic rings. The number of aromatic nitrogens is 2. The second-order valence-corrected chi connectivity index (χ2v) is 7.47. The number of fused-ring (bicyclic) bond motifs is 1. The van der Waals surface area contributed by atoms with Gasteiger partial charge in [0.05, 0.1) is 17.0 Å². The van der Waals surface area contributed by atoms with Gasteiger partial charge in [-0.25, -0.2) is 9.97 Å². The van der Waals surface area contributed by atoms with Gasteiger partial charge in [-0.3, -0.25) is 4.79 Å². The Kier molecular flexibility index (Phi) is 4.09. The molecule has 1 aliphatic rings. The third kappa shape index (κ3) is 3.20. The maximum atomic E-state index is 12.6. The molecule has 0 saturated carbocycles. The van der Waals surface area contributed by atoms with E-state index < -0.39 is 0 Å². The molecule has 126 valence electrons. The lowest BCUT2D eigenvalue weighted by Crippen LogP contribution is -2.22. The van der Waals surface area contributed by atoms with Crippen LogP contribution >= 0.6 is 11.3 Å². The summed E-state index contributed by atoms with van der Waals surface area (Å²) in [7, 11) is 0. The molecule has 2 aromatic heterocycles. The molecule has 1 atom stereocenters. The molecule has 0 saturated heterocycles. The van der Waals surface area contributed by atoms with Crippen molar-refractivity contribution in [2.75, 3.05) is 5.32 Å². The van der Waals surface area contributed by atoms with Crippen molar-refractivity contribution in [3.63, 3.8) is 0 Å². The van der Waals surface area contributed by atoms with Gasteiger partial charge in [0.1, 0.15) is 0 Å². The first-order valence-electron chi connectivity index (χ1n) is 8.38. The van der Waals surface area contributed by atoms with Gasteiger partial charge >= 0.3 is 0 Å². The number of hydrogen-bond donors (Lipinski definition) is 1. The molecule has 0 aliphatic heterocycles. The number of rotatable bonds is 3. The molecule has 1 unspecified atom stereocenters. The summed E-state index contributed by atoms with van der Waals surface area (Å²) in [6, 6.07) is 12.2. The maximum Gasteiger partial charge on any atom is 0.227 e. The predicted octanol–water partition coefficient (Wildman–Crippen LogP) is 4.81. The molecule has 4 nitrogen and oxygen atoms in total. The molecule has 1 aliphatic carbocycles. The quantitative estimate of drug-likeness (QED) is 0.737. The van der Waals surface area contributed by atoms with E-state index in [9.17, 15) is 4.79 Å². The molecule has 5 heteroatoms. The zero-order valence-corrected chi connectivity index (χ0v) is 15.1. The van der Waals surface area contributed by atoms with Crippen molar-refractivity contribution in [2.45, 2.75) is 32.6 Å². The summed E-state index contributed by atoms with van der Waals surface area (Å²) in [5.74, 6) is 0.932. The highest BCUT2D eigenvalue weighted by molar-refractivity contribution is 7.10. The monoisotopic (exact) mass is 349 g/mol. The molecular weight excluding hydrogens is 330 g/mol. The summed E-state index contributed by atoms with van der Waals surface area (Å²) < 4.78 is 0. The highest BCUT2D eigenvalue weighted by Gasteiger charge is 2.30. The van der Waals surface area contributed by atoms with Gasteiger partial charge in [0.2, 0.25) is 5.95 Å². The number of anilines is 2. The Hall–Kier alpha value is -2.53. The normalized spacial score (nSPS) is 16.6. The minimum Gasteiger partial charge on any atom is -0.324 e. The molecule has 4 rings (SSSR count). The third-order valence-electron chi connectivity index (χ3n) is 4.53. The molecule has 0 fully saturated rings. The van der Waals surface area contributed by atoms with Crippen molar-refractivity contribution >= 4 is 28.8 Å². The fourth-order valence-corrected chi connectivity index (χ4v) is 4.24. The van der Waals surface area contributed by atoms with Gasteiger partial charge in [0.15, 0.2) is 5.78 Å².